The molecule has 29 heavy (non-hydrogen) atoms. The maximum atomic E-state index is 3.56. The minimum Gasteiger partial charge on any atom is -0.355 e. The van der Waals surface area contributed by atoms with E-state index in [9.17, 15) is 0 Å². The topological polar surface area (TPSA) is 12.0 Å². The van der Waals surface area contributed by atoms with Gasteiger partial charge < -0.3 is 5.32 Å². The minimum atomic E-state index is 0.0894. The van der Waals surface area contributed by atoms with Gasteiger partial charge in [0.05, 0.1) is 0 Å². The molecule has 2 aliphatic carbocycles. The Morgan fingerprint density at radius 3 is 2.66 bits per heavy atom. The number of hydrogen-bond acceptors (Lipinski definition) is 2. The molecule has 3 aromatic rings. The summed E-state index contributed by atoms with van der Waals surface area (Å²) in [5.74, 6) is 0.538. The summed E-state index contributed by atoms with van der Waals surface area (Å²) in [7, 11) is 0. The molecule has 1 heterocycles. The summed E-state index contributed by atoms with van der Waals surface area (Å²) in [5.41, 5.74) is 3.94. The third kappa shape index (κ3) is 3.58. The van der Waals surface area contributed by atoms with E-state index in [-0.39, 0.29) is 5.41 Å². The second-order valence-electron chi connectivity index (χ2n) is 8.42. The highest BCUT2D eigenvalue weighted by atomic mass is 32.1. The highest BCUT2D eigenvalue weighted by Gasteiger charge is 2.32. The van der Waals surface area contributed by atoms with Gasteiger partial charge in [-0.05, 0) is 60.9 Å². The molecule has 0 saturated heterocycles. The van der Waals surface area contributed by atoms with Gasteiger partial charge in [0.1, 0.15) is 0 Å². The van der Waals surface area contributed by atoms with E-state index < -0.39 is 0 Å². The van der Waals surface area contributed by atoms with Gasteiger partial charge in [0.25, 0.3) is 0 Å². The van der Waals surface area contributed by atoms with Crippen LogP contribution in [-0.2, 0) is 5.41 Å². The van der Waals surface area contributed by atoms with E-state index in [0.717, 1.165) is 17.8 Å². The van der Waals surface area contributed by atoms with Crippen LogP contribution in [0.15, 0.2) is 85.0 Å². The Hall–Kier alpha value is -2.58. The molecule has 0 bridgehead atoms. The quantitative estimate of drug-likeness (QED) is 0.437. The van der Waals surface area contributed by atoms with Crippen LogP contribution < -0.4 is 5.32 Å². The van der Waals surface area contributed by atoms with E-state index >= 15 is 0 Å². The van der Waals surface area contributed by atoms with Gasteiger partial charge in [0.2, 0.25) is 0 Å². The van der Waals surface area contributed by atoms with Crippen molar-refractivity contribution in [3.8, 4) is 0 Å². The average molecular weight is 398 g/mol. The van der Waals surface area contributed by atoms with Crippen molar-refractivity contribution >= 4 is 32.8 Å². The third-order valence-electron chi connectivity index (χ3n) is 6.19. The summed E-state index contributed by atoms with van der Waals surface area (Å²) in [6.07, 6.45) is 18.8. The molecular weight excluding hydrogens is 370 g/mol. The maximum absolute atomic E-state index is 3.56. The predicted molar refractivity (Wildman–Crippen MR) is 128 cm³/mol. The van der Waals surface area contributed by atoms with Crippen molar-refractivity contribution in [3.63, 3.8) is 0 Å². The van der Waals surface area contributed by atoms with E-state index in [4.69, 9.17) is 0 Å². The Bertz CT molecular complexity index is 1100. The number of allylic oxidation sites excluding steroid dienone is 6. The van der Waals surface area contributed by atoms with Crippen LogP contribution in [0.3, 0.4) is 0 Å². The number of benzene rings is 2. The van der Waals surface area contributed by atoms with Gasteiger partial charge in [-0.15, -0.1) is 11.3 Å². The Labute approximate surface area is 177 Å². The molecular formula is C27H27NS. The first-order chi connectivity index (χ1) is 14.2. The number of hydrogen-bond donors (Lipinski definition) is 1. The van der Waals surface area contributed by atoms with Gasteiger partial charge in [0, 0.05) is 32.3 Å². The van der Waals surface area contributed by atoms with Crippen LogP contribution in [0, 0.1) is 0 Å². The lowest BCUT2D eigenvalue weighted by molar-refractivity contribution is 0.589. The fourth-order valence-corrected chi connectivity index (χ4v) is 6.07. The summed E-state index contributed by atoms with van der Waals surface area (Å²) >= 11 is 1.99. The third-order valence-corrected chi connectivity index (χ3v) is 7.64. The minimum absolute atomic E-state index is 0.0894. The highest BCUT2D eigenvalue weighted by molar-refractivity contribution is 7.19. The molecule has 1 N–H and O–H groups in total. The molecule has 0 spiro atoms. The number of rotatable bonds is 4. The molecule has 1 aromatic heterocycles. The molecule has 5 rings (SSSR count). The fraction of sp³-hybridized carbons (Fsp3) is 0.259. The van der Waals surface area contributed by atoms with Crippen LogP contribution >= 0.6 is 11.3 Å². The molecule has 2 aliphatic rings. The lowest BCUT2D eigenvalue weighted by Crippen LogP contribution is -2.20. The molecule has 2 unspecified atom stereocenters. The molecule has 0 radical (unpaired) electrons. The molecule has 0 saturated carbocycles. The predicted octanol–water partition coefficient (Wildman–Crippen LogP) is 8.24. The number of para-hydroxylation sites is 1. The number of thiophene rings is 1. The molecule has 1 nitrogen and oxygen atoms in total. The zero-order valence-electron chi connectivity index (χ0n) is 16.9. The smallest absolute Gasteiger partial charge is 0.0398 e. The number of fused-ring (bicyclic) bond motifs is 1. The Balaban J connectivity index is 1.62. The first-order valence-corrected chi connectivity index (χ1v) is 11.4. The average Bonchev–Trinajstić information content (AvgIpc) is 3.15. The van der Waals surface area contributed by atoms with Crippen molar-refractivity contribution in [1.29, 1.82) is 0 Å². The van der Waals surface area contributed by atoms with Crippen molar-refractivity contribution < 1.29 is 0 Å². The molecule has 2 atom stereocenters. The van der Waals surface area contributed by atoms with Crippen molar-refractivity contribution in [2.45, 2.75) is 43.9 Å². The number of nitrogens with one attached hydrogen (secondary N) is 1. The summed E-state index contributed by atoms with van der Waals surface area (Å²) < 4.78 is 1.39. The van der Waals surface area contributed by atoms with Gasteiger partial charge in [0.15, 0.2) is 0 Å². The van der Waals surface area contributed by atoms with Crippen molar-refractivity contribution in [3.05, 3.63) is 95.4 Å². The van der Waals surface area contributed by atoms with Gasteiger partial charge in [-0.2, -0.15) is 0 Å². The van der Waals surface area contributed by atoms with E-state index in [1.54, 1.807) is 10.4 Å². The molecule has 0 fully saturated rings. The van der Waals surface area contributed by atoms with E-state index in [1.165, 1.54) is 29.3 Å². The Morgan fingerprint density at radius 1 is 1.00 bits per heavy atom. The summed E-state index contributed by atoms with van der Waals surface area (Å²) in [5, 5.41) is 5.00. The summed E-state index contributed by atoms with van der Waals surface area (Å²) in [4.78, 5) is 1.54. The second kappa shape index (κ2) is 7.68. The first kappa shape index (κ1) is 18.4. The number of anilines is 2. The molecule has 2 heteroatoms. The fourth-order valence-electron chi connectivity index (χ4n) is 4.62. The first-order valence-electron chi connectivity index (χ1n) is 10.6. The Kier molecular flexibility index (Phi) is 4.89. The zero-order valence-corrected chi connectivity index (χ0v) is 17.7. The molecule has 146 valence electrons. The highest BCUT2D eigenvalue weighted by Crippen LogP contribution is 2.48. The maximum Gasteiger partial charge on any atom is 0.0398 e. The van der Waals surface area contributed by atoms with Crippen molar-refractivity contribution in [2.24, 2.45) is 0 Å². The van der Waals surface area contributed by atoms with Gasteiger partial charge in [-0.1, -0.05) is 67.6 Å². The molecule has 2 aromatic carbocycles. The second-order valence-corrected chi connectivity index (χ2v) is 9.47. The monoisotopic (exact) mass is 397 g/mol. The zero-order chi connectivity index (χ0) is 19.7. The largest absolute Gasteiger partial charge is 0.355 e. The van der Waals surface area contributed by atoms with Crippen LogP contribution in [0.2, 0.25) is 0 Å². The molecule has 0 amide bonds. The molecule has 0 aliphatic heterocycles. The van der Waals surface area contributed by atoms with Crippen LogP contribution in [0.25, 0.3) is 10.1 Å². The van der Waals surface area contributed by atoms with Gasteiger partial charge >= 0.3 is 0 Å². The normalized spacial score (nSPS) is 23.6. The summed E-state index contributed by atoms with van der Waals surface area (Å²) in [6, 6.07) is 17.3. The SMILES string of the molecule is CC1(c2sc3cc(Nc4ccccc4)ccc3c2C2C=CCCC2)C=CC=CC1. The van der Waals surface area contributed by atoms with E-state index in [1.807, 2.05) is 11.3 Å². The van der Waals surface area contributed by atoms with Gasteiger partial charge in [-0.3, -0.25) is 0 Å². The lowest BCUT2D eigenvalue weighted by atomic mass is 9.76. The lowest BCUT2D eigenvalue weighted by Gasteiger charge is -2.29. The van der Waals surface area contributed by atoms with Gasteiger partial charge in [-0.25, -0.2) is 0 Å². The van der Waals surface area contributed by atoms with Crippen molar-refractivity contribution in [1.82, 2.24) is 0 Å². The van der Waals surface area contributed by atoms with Crippen molar-refractivity contribution in [2.75, 3.05) is 5.32 Å². The standard InChI is InChI=1S/C27H27NS/c1-27(17-9-4-10-18-27)26-25(20-11-5-2-6-12-20)23-16-15-22(19-24(23)29-26)28-21-13-7-3-8-14-21/h3-5,7-11,13-17,19-20,28H,2,6,12,18H2,1H3. The van der Waals surface area contributed by atoms with Crippen LogP contribution in [0.1, 0.15) is 49.0 Å². The van der Waals surface area contributed by atoms with Crippen LogP contribution in [0.5, 0.6) is 0 Å². The van der Waals surface area contributed by atoms with Crippen LogP contribution in [-0.4, -0.2) is 0 Å². The Morgan fingerprint density at radius 2 is 1.90 bits per heavy atom. The summed E-state index contributed by atoms with van der Waals surface area (Å²) in [6.45, 7) is 2.40. The van der Waals surface area contributed by atoms with E-state index in [2.05, 4.69) is 97.2 Å². The van der Waals surface area contributed by atoms with E-state index in [0.29, 0.717) is 5.92 Å². The van der Waals surface area contributed by atoms with Crippen LogP contribution in [0.4, 0.5) is 11.4 Å².